The molecule has 2 atom stereocenters. The zero-order chi connectivity index (χ0) is 34.0. The number of carbonyl (C=O) groups is 2. The van der Waals surface area contributed by atoms with E-state index in [0.717, 1.165) is 61.2 Å². The number of pyridine rings is 2. The molecule has 48 heavy (non-hydrogen) atoms. The molecule has 0 radical (unpaired) electrons. The van der Waals surface area contributed by atoms with Crippen molar-refractivity contribution >= 4 is 46.7 Å². The lowest BCUT2D eigenvalue weighted by Crippen LogP contribution is -2.41. The van der Waals surface area contributed by atoms with Crippen molar-refractivity contribution in [3.63, 3.8) is 0 Å². The minimum absolute atomic E-state index is 0.0773. The molecule has 2 aliphatic rings. The van der Waals surface area contributed by atoms with Crippen LogP contribution in [-0.2, 0) is 9.59 Å². The van der Waals surface area contributed by atoms with Crippen LogP contribution < -0.4 is 24.2 Å². The number of fused-ring (bicyclic) bond motifs is 1. The molecular formula is C37H46N4O5S2. The lowest BCUT2D eigenvalue weighted by molar-refractivity contribution is -0.116. The van der Waals surface area contributed by atoms with Crippen LogP contribution in [0.25, 0.3) is 0 Å². The van der Waals surface area contributed by atoms with Crippen molar-refractivity contribution in [1.82, 2.24) is 9.97 Å². The molecule has 0 spiro atoms. The van der Waals surface area contributed by atoms with E-state index in [2.05, 4.69) is 37.7 Å². The molecule has 2 unspecified atom stereocenters. The number of unbranched alkanes of at least 4 members (excludes halogenated alkanes) is 2. The molecule has 0 saturated carbocycles. The maximum Gasteiger partial charge on any atom is 0.284 e. The second kappa shape index (κ2) is 17.1. The van der Waals surface area contributed by atoms with Crippen LogP contribution in [-0.4, -0.2) is 42.1 Å². The second-order valence-electron chi connectivity index (χ2n) is 12.0. The van der Waals surface area contributed by atoms with Crippen molar-refractivity contribution in [2.45, 2.75) is 88.9 Å². The Morgan fingerprint density at radius 2 is 1.29 bits per heavy atom. The minimum atomic E-state index is -0.437. The van der Waals surface area contributed by atoms with Gasteiger partial charge in [-0.1, -0.05) is 89.7 Å². The van der Waals surface area contributed by atoms with Gasteiger partial charge in [0.15, 0.2) is 11.5 Å². The highest BCUT2D eigenvalue weighted by molar-refractivity contribution is 8.25. The first-order valence-corrected chi connectivity index (χ1v) is 18.7. The summed E-state index contributed by atoms with van der Waals surface area (Å²) < 4.78 is 19.6. The van der Waals surface area contributed by atoms with Gasteiger partial charge in [0.25, 0.3) is 11.8 Å². The second-order valence-corrected chi connectivity index (χ2v) is 14.3. The molecule has 9 nitrogen and oxygen atoms in total. The first kappa shape index (κ1) is 35.6. The van der Waals surface area contributed by atoms with Gasteiger partial charge < -0.3 is 14.2 Å². The van der Waals surface area contributed by atoms with Crippen LogP contribution in [0, 0.1) is 11.8 Å². The topological polar surface area (TPSA) is 94.1 Å². The van der Waals surface area contributed by atoms with Crippen LogP contribution in [0.5, 0.6) is 17.2 Å². The number of hydrogen-bond donors (Lipinski definition) is 0. The molecule has 2 aromatic heterocycles. The predicted octanol–water partition coefficient (Wildman–Crippen LogP) is 9.08. The van der Waals surface area contributed by atoms with Crippen LogP contribution in [0.15, 0.2) is 74.7 Å². The number of ether oxygens (including phenoxy) is 3. The molecule has 1 saturated heterocycles. The summed E-state index contributed by atoms with van der Waals surface area (Å²) in [6.07, 6.45) is 15.2. The Balaban J connectivity index is 1.56. The Hall–Kier alpha value is -3.70. The zero-order valence-corrected chi connectivity index (χ0v) is 30.2. The van der Waals surface area contributed by atoms with E-state index < -0.39 is 11.8 Å². The largest absolute Gasteiger partial charge is 0.493 e. The molecule has 256 valence electrons. The van der Waals surface area contributed by atoms with Gasteiger partial charge in [-0.05, 0) is 48.9 Å². The molecule has 0 bridgehead atoms. The third-order valence-electron chi connectivity index (χ3n) is 8.75. The van der Waals surface area contributed by atoms with E-state index in [0.29, 0.717) is 57.9 Å². The van der Waals surface area contributed by atoms with E-state index in [1.165, 1.54) is 33.5 Å². The monoisotopic (exact) mass is 690 g/mol. The number of anilines is 2. The van der Waals surface area contributed by atoms with Gasteiger partial charge in [-0.3, -0.25) is 19.6 Å². The highest BCUT2D eigenvalue weighted by Gasteiger charge is 2.47. The van der Waals surface area contributed by atoms with Crippen molar-refractivity contribution < 1.29 is 23.8 Å². The van der Waals surface area contributed by atoms with Crippen molar-refractivity contribution in [3.05, 3.63) is 64.9 Å². The summed E-state index contributed by atoms with van der Waals surface area (Å²) in [5.41, 5.74) is 1.03. The highest BCUT2D eigenvalue weighted by Crippen LogP contribution is 2.62. The number of aromatic nitrogens is 2. The van der Waals surface area contributed by atoms with E-state index in [4.69, 9.17) is 14.2 Å². The number of benzene rings is 1. The molecule has 11 heteroatoms. The number of thioether (sulfide) groups is 2. The average molecular weight is 691 g/mol. The number of methoxy groups -OCH3 is 1. The fourth-order valence-corrected chi connectivity index (χ4v) is 8.45. The predicted molar refractivity (Wildman–Crippen MR) is 193 cm³/mol. The normalized spacial score (nSPS) is 15.6. The number of rotatable bonds is 17. The molecule has 3 aromatic rings. The van der Waals surface area contributed by atoms with Gasteiger partial charge in [0.2, 0.25) is 0 Å². The first-order chi connectivity index (χ1) is 23.4. The smallest absolute Gasteiger partial charge is 0.284 e. The van der Waals surface area contributed by atoms with E-state index in [-0.39, 0.29) is 5.57 Å². The SMILES string of the molecule is CCCCC(CC)COc1cc(OC)c(OCC(CC)CCCC)c2c1SC(=C1C(=O)N(c3cccnc3)N(c3cccnc3)C1=O)S2. The van der Waals surface area contributed by atoms with Crippen molar-refractivity contribution in [2.75, 3.05) is 30.3 Å². The fourth-order valence-electron chi connectivity index (χ4n) is 5.76. The van der Waals surface area contributed by atoms with Crippen LogP contribution in [0.4, 0.5) is 11.4 Å². The summed E-state index contributed by atoms with van der Waals surface area (Å²) in [6, 6.07) is 8.89. The van der Waals surface area contributed by atoms with Crippen molar-refractivity contribution in [3.8, 4) is 17.2 Å². The number of carbonyl (C=O) groups excluding carboxylic acids is 2. The van der Waals surface area contributed by atoms with Crippen molar-refractivity contribution in [2.24, 2.45) is 11.8 Å². The Kier molecular flexibility index (Phi) is 12.7. The molecule has 1 fully saturated rings. The van der Waals surface area contributed by atoms with Gasteiger partial charge in [-0.15, -0.1) is 0 Å². The molecule has 5 rings (SSSR count). The molecule has 0 aliphatic carbocycles. The summed E-state index contributed by atoms with van der Waals surface area (Å²) in [7, 11) is 1.64. The minimum Gasteiger partial charge on any atom is -0.493 e. The highest BCUT2D eigenvalue weighted by atomic mass is 32.2. The number of nitrogens with zero attached hydrogens (tertiary/aromatic N) is 4. The molecule has 0 N–H and O–H groups in total. The number of amides is 2. The molecular weight excluding hydrogens is 645 g/mol. The van der Waals surface area contributed by atoms with E-state index in [9.17, 15) is 9.59 Å². The average Bonchev–Trinajstić information content (AvgIpc) is 3.67. The molecule has 4 heterocycles. The zero-order valence-electron chi connectivity index (χ0n) is 28.6. The van der Waals surface area contributed by atoms with Gasteiger partial charge in [0.1, 0.15) is 11.3 Å². The van der Waals surface area contributed by atoms with Gasteiger partial charge >= 0.3 is 0 Å². The fraction of sp³-hybridized carbons (Fsp3) is 0.459. The van der Waals surface area contributed by atoms with Crippen LogP contribution >= 0.6 is 23.5 Å². The Bertz CT molecular complexity index is 1530. The summed E-state index contributed by atoms with van der Waals surface area (Å²) in [6.45, 7) is 9.91. The third-order valence-corrected chi connectivity index (χ3v) is 11.4. The standard InChI is InChI=1S/C37H46N4O5S2/c1-6-10-14-25(8-3)23-45-30-20-29(44-5)32(46-24-26(9-4)15-11-7-2)34-33(30)47-37(48-34)31-35(42)40(27-16-12-18-38-21-27)41(36(31)43)28-17-13-19-39-22-28/h12-13,16-22,25-26H,6-11,14-15,23-24H2,1-5H3. The summed E-state index contributed by atoms with van der Waals surface area (Å²) in [5.74, 6) is 1.81. The summed E-state index contributed by atoms with van der Waals surface area (Å²) >= 11 is 2.75. The van der Waals surface area contributed by atoms with Crippen LogP contribution in [0.2, 0.25) is 0 Å². The summed E-state index contributed by atoms with van der Waals surface area (Å²) in [4.78, 5) is 38.6. The van der Waals surface area contributed by atoms with Gasteiger partial charge in [0, 0.05) is 18.5 Å². The maximum absolute atomic E-state index is 14.3. The molecule has 1 aromatic carbocycles. The quantitative estimate of drug-likeness (QED) is 0.102. The Morgan fingerprint density at radius 1 is 0.750 bits per heavy atom. The van der Waals surface area contributed by atoms with Gasteiger partial charge in [-0.2, -0.15) is 0 Å². The van der Waals surface area contributed by atoms with Gasteiger partial charge in [0.05, 0.1) is 58.1 Å². The number of hydrogen-bond acceptors (Lipinski definition) is 9. The third kappa shape index (κ3) is 7.78. The van der Waals surface area contributed by atoms with Gasteiger partial charge in [-0.25, -0.2) is 10.0 Å². The maximum atomic E-state index is 14.3. The Morgan fingerprint density at radius 3 is 1.77 bits per heavy atom. The van der Waals surface area contributed by atoms with Crippen LogP contribution in [0.3, 0.4) is 0 Å². The molecule has 2 amide bonds. The molecule has 2 aliphatic heterocycles. The summed E-state index contributed by atoms with van der Waals surface area (Å²) in [5, 5.41) is 2.74. The van der Waals surface area contributed by atoms with E-state index >= 15 is 0 Å². The number of hydrazine groups is 1. The lowest BCUT2D eigenvalue weighted by atomic mass is 10.0. The van der Waals surface area contributed by atoms with E-state index in [1.807, 2.05) is 6.07 Å². The van der Waals surface area contributed by atoms with Crippen molar-refractivity contribution in [1.29, 1.82) is 0 Å². The first-order valence-electron chi connectivity index (χ1n) is 17.0. The Labute approximate surface area is 292 Å². The lowest BCUT2D eigenvalue weighted by Gasteiger charge is -2.26. The van der Waals surface area contributed by atoms with Crippen LogP contribution in [0.1, 0.15) is 79.1 Å². The van der Waals surface area contributed by atoms with E-state index in [1.54, 1.807) is 56.2 Å².